The van der Waals surface area contributed by atoms with Gasteiger partial charge in [-0.05, 0) is 13.8 Å². The third kappa shape index (κ3) is 3.83. The molecule has 0 spiro atoms. The maximum atomic E-state index is 12.4. The van der Waals surface area contributed by atoms with Crippen LogP contribution >= 0.6 is 11.6 Å². The highest BCUT2D eigenvalue weighted by Crippen LogP contribution is 2.21. The number of aryl methyl sites for hydroxylation is 1. The number of carbonyl (C=O) groups excluding carboxylic acids is 1. The van der Waals surface area contributed by atoms with Gasteiger partial charge in [0.05, 0.1) is 13.2 Å². The molecule has 1 saturated heterocycles. The molecular formula is C14H21ClN4O2. The van der Waals surface area contributed by atoms with Crippen LogP contribution in [-0.2, 0) is 16.0 Å². The van der Waals surface area contributed by atoms with Crippen LogP contribution in [0.25, 0.3) is 0 Å². The zero-order chi connectivity index (χ0) is 15.4. The number of morpholine rings is 1. The third-order valence-electron chi connectivity index (χ3n) is 3.50. The van der Waals surface area contributed by atoms with Gasteiger partial charge in [-0.25, -0.2) is 9.97 Å². The predicted octanol–water partition coefficient (Wildman–Crippen LogP) is 1.66. The van der Waals surface area contributed by atoms with E-state index in [2.05, 4.69) is 15.3 Å². The van der Waals surface area contributed by atoms with Crippen molar-refractivity contribution in [1.29, 1.82) is 0 Å². The highest BCUT2D eigenvalue weighted by Gasteiger charge is 2.23. The summed E-state index contributed by atoms with van der Waals surface area (Å²) in [7, 11) is 0. The molecule has 2 rings (SSSR count). The monoisotopic (exact) mass is 312 g/mol. The molecule has 1 aliphatic rings. The van der Waals surface area contributed by atoms with Crippen LogP contribution < -0.4 is 5.32 Å². The average molecular weight is 313 g/mol. The lowest BCUT2D eigenvalue weighted by Gasteiger charge is -2.29. The molecule has 1 fully saturated rings. The summed E-state index contributed by atoms with van der Waals surface area (Å²) in [5.41, 5.74) is 0.760. The van der Waals surface area contributed by atoms with Crippen molar-refractivity contribution in [3.05, 3.63) is 16.5 Å². The van der Waals surface area contributed by atoms with Crippen molar-refractivity contribution in [1.82, 2.24) is 14.9 Å². The van der Waals surface area contributed by atoms with Crippen molar-refractivity contribution < 1.29 is 9.53 Å². The molecular weight excluding hydrogens is 292 g/mol. The Labute approximate surface area is 129 Å². The molecule has 0 radical (unpaired) electrons. The van der Waals surface area contributed by atoms with Gasteiger partial charge in [0, 0.05) is 25.1 Å². The second-order valence-corrected chi connectivity index (χ2v) is 5.42. The van der Waals surface area contributed by atoms with Crippen molar-refractivity contribution in [2.75, 3.05) is 31.6 Å². The first-order valence-corrected chi connectivity index (χ1v) is 7.56. The molecule has 6 nitrogen and oxygen atoms in total. The summed E-state index contributed by atoms with van der Waals surface area (Å²) in [5.74, 6) is 1.34. The van der Waals surface area contributed by atoms with Gasteiger partial charge < -0.3 is 15.0 Å². The summed E-state index contributed by atoms with van der Waals surface area (Å²) in [6.07, 6.45) is 0.695. The maximum absolute atomic E-state index is 12.4. The van der Waals surface area contributed by atoms with Gasteiger partial charge in [0.15, 0.2) is 0 Å². The van der Waals surface area contributed by atoms with Crippen molar-refractivity contribution in [3.63, 3.8) is 0 Å². The fraction of sp³-hybridized carbons (Fsp3) is 0.643. The van der Waals surface area contributed by atoms with Gasteiger partial charge in [-0.2, -0.15) is 0 Å². The van der Waals surface area contributed by atoms with Crippen LogP contribution in [0.1, 0.15) is 25.2 Å². The van der Waals surface area contributed by atoms with E-state index in [1.54, 1.807) is 4.90 Å². The second-order valence-electron chi connectivity index (χ2n) is 5.06. The van der Waals surface area contributed by atoms with E-state index < -0.39 is 0 Å². The molecule has 2 heterocycles. The number of amides is 1. The Hall–Kier alpha value is -1.40. The SMILES string of the molecule is CCc1nc(Cl)c(C)c(NC(C)C(=O)N2CCOCC2)n1. The Morgan fingerprint density at radius 1 is 1.43 bits per heavy atom. The molecule has 1 N–H and O–H groups in total. The molecule has 1 aromatic heterocycles. The largest absolute Gasteiger partial charge is 0.378 e. The number of nitrogens with zero attached hydrogens (tertiary/aromatic N) is 3. The van der Waals surface area contributed by atoms with E-state index in [4.69, 9.17) is 16.3 Å². The highest BCUT2D eigenvalue weighted by molar-refractivity contribution is 6.30. The number of aromatic nitrogens is 2. The Bertz CT molecular complexity index is 518. The lowest BCUT2D eigenvalue weighted by atomic mass is 10.2. The van der Waals surface area contributed by atoms with E-state index in [0.29, 0.717) is 49.5 Å². The molecule has 1 amide bonds. The minimum Gasteiger partial charge on any atom is -0.378 e. The number of hydrogen-bond donors (Lipinski definition) is 1. The number of hydrogen-bond acceptors (Lipinski definition) is 5. The van der Waals surface area contributed by atoms with E-state index in [1.807, 2.05) is 20.8 Å². The minimum atomic E-state index is -0.363. The van der Waals surface area contributed by atoms with E-state index in [9.17, 15) is 4.79 Å². The van der Waals surface area contributed by atoms with Gasteiger partial charge in [-0.15, -0.1) is 0 Å². The lowest BCUT2D eigenvalue weighted by molar-refractivity contribution is -0.135. The fourth-order valence-corrected chi connectivity index (χ4v) is 2.34. The first-order chi connectivity index (χ1) is 10.0. The predicted molar refractivity (Wildman–Crippen MR) is 81.6 cm³/mol. The summed E-state index contributed by atoms with van der Waals surface area (Å²) >= 11 is 6.11. The van der Waals surface area contributed by atoms with E-state index >= 15 is 0 Å². The van der Waals surface area contributed by atoms with E-state index in [1.165, 1.54) is 0 Å². The maximum Gasteiger partial charge on any atom is 0.244 e. The molecule has 1 atom stereocenters. The normalized spacial score (nSPS) is 16.7. The van der Waals surface area contributed by atoms with Crippen molar-refractivity contribution in [2.45, 2.75) is 33.2 Å². The molecule has 7 heteroatoms. The van der Waals surface area contributed by atoms with Crippen LogP contribution in [0, 0.1) is 6.92 Å². The van der Waals surface area contributed by atoms with Crippen molar-refractivity contribution in [3.8, 4) is 0 Å². The van der Waals surface area contributed by atoms with Crippen LogP contribution in [0.3, 0.4) is 0 Å². The van der Waals surface area contributed by atoms with Crippen LogP contribution in [0.2, 0.25) is 5.15 Å². The molecule has 116 valence electrons. The van der Waals surface area contributed by atoms with Crippen LogP contribution in [0.15, 0.2) is 0 Å². The van der Waals surface area contributed by atoms with Crippen LogP contribution in [0.4, 0.5) is 5.82 Å². The standard InChI is InChI=1S/C14H21ClN4O2/c1-4-11-17-12(15)9(2)13(18-11)16-10(3)14(20)19-5-7-21-8-6-19/h10H,4-8H2,1-3H3,(H,16,17,18). The molecule has 0 aliphatic carbocycles. The number of ether oxygens (including phenoxy) is 1. The molecule has 0 bridgehead atoms. The number of carbonyl (C=O) groups is 1. The summed E-state index contributed by atoms with van der Waals surface area (Å²) in [5, 5.41) is 3.58. The van der Waals surface area contributed by atoms with Gasteiger partial charge in [-0.1, -0.05) is 18.5 Å². The van der Waals surface area contributed by atoms with E-state index in [-0.39, 0.29) is 11.9 Å². The van der Waals surface area contributed by atoms with E-state index in [0.717, 1.165) is 5.56 Å². The Kier molecular flexibility index (Phi) is 5.36. The summed E-state index contributed by atoms with van der Waals surface area (Å²) in [6.45, 7) is 8.10. The van der Waals surface area contributed by atoms with Gasteiger partial charge >= 0.3 is 0 Å². The number of rotatable bonds is 4. The summed E-state index contributed by atoms with van der Waals surface area (Å²) in [6, 6.07) is -0.363. The lowest BCUT2D eigenvalue weighted by Crippen LogP contribution is -2.47. The highest BCUT2D eigenvalue weighted by atomic mass is 35.5. The van der Waals surface area contributed by atoms with Crippen molar-refractivity contribution >= 4 is 23.3 Å². The summed E-state index contributed by atoms with van der Waals surface area (Å²) in [4.78, 5) is 22.8. The summed E-state index contributed by atoms with van der Waals surface area (Å²) < 4.78 is 5.26. The molecule has 21 heavy (non-hydrogen) atoms. The van der Waals surface area contributed by atoms with Gasteiger partial charge in [0.1, 0.15) is 22.8 Å². The fourth-order valence-electron chi connectivity index (χ4n) is 2.16. The molecule has 0 saturated carbocycles. The quantitative estimate of drug-likeness (QED) is 0.856. The molecule has 1 unspecified atom stereocenters. The van der Waals surface area contributed by atoms with Crippen LogP contribution in [-0.4, -0.2) is 53.1 Å². The molecule has 0 aromatic carbocycles. The molecule has 1 aromatic rings. The van der Waals surface area contributed by atoms with Gasteiger partial charge in [0.25, 0.3) is 0 Å². The second kappa shape index (κ2) is 7.04. The Balaban J connectivity index is 2.09. The van der Waals surface area contributed by atoms with Gasteiger partial charge in [-0.3, -0.25) is 4.79 Å². The number of halogens is 1. The topological polar surface area (TPSA) is 67.4 Å². The number of nitrogens with one attached hydrogen (secondary N) is 1. The smallest absolute Gasteiger partial charge is 0.244 e. The molecule has 1 aliphatic heterocycles. The van der Waals surface area contributed by atoms with Crippen LogP contribution in [0.5, 0.6) is 0 Å². The zero-order valence-electron chi connectivity index (χ0n) is 12.6. The first-order valence-electron chi connectivity index (χ1n) is 7.19. The average Bonchev–Trinajstić information content (AvgIpc) is 2.51. The first kappa shape index (κ1) is 16.0. The van der Waals surface area contributed by atoms with Gasteiger partial charge in [0.2, 0.25) is 5.91 Å². The Morgan fingerprint density at radius 2 is 2.10 bits per heavy atom. The minimum absolute atomic E-state index is 0.0467. The zero-order valence-corrected chi connectivity index (χ0v) is 13.4. The Morgan fingerprint density at radius 3 is 2.71 bits per heavy atom. The number of anilines is 1. The third-order valence-corrected chi connectivity index (χ3v) is 3.86. The van der Waals surface area contributed by atoms with Crippen molar-refractivity contribution in [2.24, 2.45) is 0 Å².